The van der Waals surface area contributed by atoms with Crippen LogP contribution in [0.2, 0.25) is 0 Å². The van der Waals surface area contributed by atoms with Crippen molar-refractivity contribution >= 4 is 5.97 Å². The molecule has 1 N–H and O–H groups in total. The molecule has 1 aliphatic heterocycles. The normalized spacial score (nSPS) is 17.9. The lowest BCUT2D eigenvalue weighted by molar-refractivity contribution is -0.136. The molecule has 0 bridgehead atoms. The maximum absolute atomic E-state index is 12.3. The molecule has 1 aromatic rings. The van der Waals surface area contributed by atoms with Crippen molar-refractivity contribution in [2.24, 2.45) is 0 Å². The van der Waals surface area contributed by atoms with E-state index in [0.717, 1.165) is 12.8 Å². The minimum atomic E-state index is -0.916. The maximum atomic E-state index is 12.3. The van der Waals surface area contributed by atoms with E-state index in [1.54, 1.807) is 18.4 Å². The molecule has 6 heteroatoms. The highest BCUT2D eigenvalue weighted by molar-refractivity contribution is 5.70. The van der Waals surface area contributed by atoms with Gasteiger partial charge in [0.05, 0.1) is 12.0 Å². The van der Waals surface area contributed by atoms with Crippen LogP contribution in [0, 0.1) is 13.8 Å². The molecule has 110 valence electrons. The molecule has 1 saturated heterocycles. The van der Waals surface area contributed by atoms with Crippen LogP contribution in [0.3, 0.4) is 0 Å². The van der Waals surface area contributed by atoms with Crippen LogP contribution < -0.4 is 5.69 Å². The van der Waals surface area contributed by atoms with Crippen molar-refractivity contribution < 1.29 is 14.6 Å². The van der Waals surface area contributed by atoms with E-state index in [4.69, 9.17) is 9.84 Å². The van der Waals surface area contributed by atoms with Gasteiger partial charge in [0, 0.05) is 30.2 Å². The molecule has 1 aliphatic rings. The third kappa shape index (κ3) is 2.60. The van der Waals surface area contributed by atoms with Gasteiger partial charge in [-0.15, -0.1) is 0 Å². The fraction of sp³-hybridized carbons (Fsp3) is 0.643. The first kappa shape index (κ1) is 14.7. The second-order valence-electron chi connectivity index (χ2n) is 5.56. The summed E-state index contributed by atoms with van der Waals surface area (Å²) in [6, 6.07) is 0. The molecule has 0 saturated carbocycles. The fourth-order valence-corrected chi connectivity index (χ4v) is 2.88. The average Bonchev–Trinajstić information content (AvgIpc) is 2.34. The molecule has 2 heterocycles. The van der Waals surface area contributed by atoms with Crippen LogP contribution in [0.5, 0.6) is 0 Å². The van der Waals surface area contributed by atoms with E-state index in [1.807, 2.05) is 6.92 Å². The van der Waals surface area contributed by atoms with Crippen molar-refractivity contribution in [3.05, 3.63) is 27.4 Å². The molecule has 0 aromatic carbocycles. The van der Waals surface area contributed by atoms with E-state index >= 15 is 0 Å². The predicted molar refractivity (Wildman–Crippen MR) is 73.0 cm³/mol. The number of aryl methyl sites for hydroxylation is 1. The summed E-state index contributed by atoms with van der Waals surface area (Å²) >= 11 is 0. The summed E-state index contributed by atoms with van der Waals surface area (Å²) in [5, 5.41) is 9.02. The third-order valence-corrected chi connectivity index (χ3v) is 4.10. The Labute approximate surface area is 117 Å². The van der Waals surface area contributed by atoms with Gasteiger partial charge in [-0.05, 0) is 33.6 Å². The molecule has 0 atom stereocenters. The molecular formula is C14H20N2O4. The van der Waals surface area contributed by atoms with Gasteiger partial charge in [0.25, 0.3) is 0 Å². The highest BCUT2D eigenvalue weighted by Gasteiger charge is 2.32. The van der Waals surface area contributed by atoms with Gasteiger partial charge in [-0.1, -0.05) is 0 Å². The Morgan fingerprint density at radius 3 is 2.55 bits per heavy atom. The van der Waals surface area contributed by atoms with Crippen molar-refractivity contribution in [1.82, 2.24) is 9.55 Å². The van der Waals surface area contributed by atoms with Crippen LogP contribution in [0.15, 0.2) is 4.79 Å². The Kier molecular flexibility index (Phi) is 3.94. The van der Waals surface area contributed by atoms with Crippen LogP contribution >= 0.6 is 0 Å². The molecule has 0 radical (unpaired) electrons. The Balaban J connectivity index is 2.58. The van der Waals surface area contributed by atoms with Crippen molar-refractivity contribution in [1.29, 1.82) is 0 Å². The van der Waals surface area contributed by atoms with Crippen LogP contribution in [0.1, 0.15) is 36.7 Å². The number of hydrogen-bond acceptors (Lipinski definition) is 4. The summed E-state index contributed by atoms with van der Waals surface area (Å²) in [4.78, 5) is 27.3. The zero-order valence-corrected chi connectivity index (χ0v) is 12.1. The van der Waals surface area contributed by atoms with Crippen LogP contribution in [0.25, 0.3) is 0 Å². The predicted octanol–water partition coefficient (Wildman–Crippen LogP) is 1.01. The molecule has 1 aromatic heterocycles. The number of rotatable bonds is 3. The van der Waals surface area contributed by atoms with Gasteiger partial charge in [-0.3, -0.25) is 9.36 Å². The number of nitrogens with zero attached hydrogens (tertiary/aromatic N) is 2. The number of carboxylic acids is 1. The summed E-state index contributed by atoms with van der Waals surface area (Å²) in [7, 11) is 0. The first-order chi connectivity index (χ1) is 9.35. The average molecular weight is 280 g/mol. The summed E-state index contributed by atoms with van der Waals surface area (Å²) in [5.41, 5.74) is 1.17. The van der Waals surface area contributed by atoms with E-state index in [0.29, 0.717) is 30.2 Å². The second kappa shape index (κ2) is 5.36. The highest BCUT2D eigenvalue weighted by atomic mass is 16.5. The molecular weight excluding hydrogens is 260 g/mol. The summed E-state index contributed by atoms with van der Waals surface area (Å²) in [6.45, 7) is 6.69. The van der Waals surface area contributed by atoms with Crippen LogP contribution in [0.4, 0.5) is 0 Å². The number of ether oxygens (including phenoxy) is 1. The van der Waals surface area contributed by atoms with E-state index in [9.17, 15) is 9.59 Å². The molecule has 2 rings (SSSR count). The lowest BCUT2D eigenvalue weighted by Gasteiger charge is -2.37. The fourth-order valence-electron chi connectivity index (χ4n) is 2.88. The lowest BCUT2D eigenvalue weighted by atomic mass is 9.91. The first-order valence-electron chi connectivity index (χ1n) is 6.74. The molecule has 0 unspecified atom stereocenters. The smallest absolute Gasteiger partial charge is 0.348 e. The summed E-state index contributed by atoms with van der Waals surface area (Å²) < 4.78 is 7.01. The third-order valence-electron chi connectivity index (χ3n) is 4.10. The number of hydrogen-bond donors (Lipinski definition) is 1. The van der Waals surface area contributed by atoms with Gasteiger partial charge in [0.2, 0.25) is 0 Å². The van der Waals surface area contributed by atoms with Gasteiger partial charge >= 0.3 is 11.7 Å². The van der Waals surface area contributed by atoms with E-state index in [2.05, 4.69) is 4.98 Å². The number of aliphatic carboxylic acids is 1. The standard InChI is InChI=1S/C14H20N2O4/c1-9-11(8-12(17)18)10(2)16(13(19)15-9)14(3)4-6-20-7-5-14/h4-8H2,1-3H3,(H,17,18). The quantitative estimate of drug-likeness (QED) is 0.893. The monoisotopic (exact) mass is 280 g/mol. The number of aromatic nitrogens is 2. The molecule has 20 heavy (non-hydrogen) atoms. The molecule has 0 aliphatic carbocycles. The van der Waals surface area contributed by atoms with Crippen LogP contribution in [-0.4, -0.2) is 33.8 Å². The van der Waals surface area contributed by atoms with E-state index < -0.39 is 5.97 Å². The largest absolute Gasteiger partial charge is 0.481 e. The number of carbonyl (C=O) groups is 1. The van der Waals surface area contributed by atoms with E-state index in [1.165, 1.54) is 0 Å². The second-order valence-corrected chi connectivity index (χ2v) is 5.56. The van der Waals surface area contributed by atoms with Crippen molar-refractivity contribution in [3.8, 4) is 0 Å². The molecule has 0 amide bonds. The van der Waals surface area contributed by atoms with Gasteiger partial charge < -0.3 is 9.84 Å². The molecule has 6 nitrogen and oxygen atoms in total. The van der Waals surface area contributed by atoms with Crippen molar-refractivity contribution in [2.75, 3.05) is 13.2 Å². The minimum absolute atomic E-state index is 0.114. The van der Waals surface area contributed by atoms with Gasteiger partial charge in [-0.2, -0.15) is 4.98 Å². The zero-order chi connectivity index (χ0) is 14.9. The summed E-state index contributed by atoms with van der Waals surface area (Å²) in [5.74, 6) is -0.916. The Hall–Kier alpha value is -1.69. The maximum Gasteiger partial charge on any atom is 0.348 e. The SMILES string of the molecule is Cc1nc(=O)n(C2(C)CCOCC2)c(C)c1CC(=O)O. The van der Waals surface area contributed by atoms with Gasteiger partial charge in [0.15, 0.2) is 0 Å². The Bertz CT molecular complexity index is 586. The highest BCUT2D eigenvalue weighted by Crippen LogP contribution is 2.29. The first-order valence-corrected chi connectivity index (χ1v) is 6.74. The minimum Gasteiger partial charge on any atom is -0.481 e. The lowest BCUT2D eigenvalue weighted by Crippen LogP contribution is -2.45. The van der Waals surface area contributed by atoms with Gasteiger partial charge in [-0.25, -0.2) is 4.79 Å². The Morgan fingerprint density at radius 1 is 1.40 bits per heavy atom. The molecule has 0 spiro atoms. The summed E-state index contributed by atoms with van der Waals surface area (Å²) in [6.07, 6.45) is 1.34. The topological polar surface area (TPSA) is 81.4 Å². The van der Waals surface area contributed by atoms with Crippen molar-refractivity contribution in [2.45, 2.75) is 45.6 Å². The molecule has 1 fully saturated rings. The van der Waals surface area contributed by atoms with Gasteiger partial charge in [0.1, 0.15) is 0 Å². The van der Waals surface area contributed by atoms with Crippen molar-refractivity contribution in [3.63, 3.8) is 0 Å². The van der Waals surface area contributed by atoms with E-state index in [-0.39, 0.29) is 17.6 Å². The zero-order valence-electron chi connectivity index (χ0n) is 12.1. The van der Waals surface area contributed by atoms with Crippen LogP contribution in [-0.2, 0) is 21.5 Å². The number of carboxylic acid groups (broad SMARTS) is 1. The Morgan fingerprint density at radius 2 is 2.00 bits per heavy atom.